The van der Waals surface area contributed by atoms with Gasteiger partial charge in [-0.1, -0.05) is 6.42 Å². The lowest BCUT2D eigenvalue weighted by Crippen LogP contribution is -2.22. The Morgan fingerprint density at radius 1 is 1.56 bits per heavy atom. The highest BCUT2D eigenvalue weighted by atomic mass is 16.5. The van der Waals surface area contributed by atoms with Crippen LogP contribution in [0.1, 0.15) is 25.0 Å². The zero-order valence-corrected chi connectivity index (χ0v) is 10.2. The molecule has 1 heterocycles. The minimum atomic E-state index is 0.730. The molecule has 0 atom stereocenters. The summed E-state index contributed by atoms with van der Waals surface area (Å²) in [7, 11) is 1.73. The van der Waals surface area contributed by atoms with Crippen LogP contribution >= 0.6 is 0 Å². The first-order valence-corrected chi connectivity index (χ1v) is 6.06. The number of anilines is 1. The summed E-state index contributed by atoms with van der Waals surface area (Å²) < 4.78 is 7.23. The monoisotopic (exact) mass is 223 g/mol. The van der Waals surface area contributed by atoms with Gasteiger partial charge in [-0.2, -0.15) is 0 Å². The summed E-state index contributed by atoms with van der Waals surface area (Å²) in [5.41, 5.74) is 1.06. The van der Waals surface area contributed by atoms with Gasteiger partial charge >= 0.3 is 0 Å². The topological polar surface area (TPSA) is 39.1 Å². The van der Waals surface area contributed by atoms with Crippen LogP contribution < -0.4 is 5.32 Å². The van der Waals surface area contributed by atoms with E-state index in [0.29, 0.717) is 0 Å². The van der Waals surface area contributed by atoms with Crippen LogP contribution in [0.3, 0.4) is 0 Å². The highest BCUT2D eigenvalue weighted by Gasteiger charge is 2.17. The van der Waals surface area contributed by atoms with Crippen LogP contribution in [0.4, 0.5) is 5.95 Å². The molecule has 0 aliphatic heterocycles. The second kappa shape index (κ2) is 5.34. The molecule has 1 aliphatic rings. The summed E-state index contributed by atoms with van der Waals surface area (Å²) in [6, 6.07) is 0. The number of rotatable bonds is 6. The second-order valence-electron chi connectivity index (χ2n) is 4.57. The number of nitrogens with zero attached hydrogens (tertiary/aromatic N) is 2. The molecule has 2 rings (SSSR count). The molecule has 4 heteroatoms. The van der Waals surface area contributed by atoms with Crippen molar-refractivity contribution in [2.45, 2.75) is 32.7 Å². The Hall–Kier alpha value is -1.03. The van der Waals surface area contributed by atoms with Crippen molar-refractivity contribution in [3.63, 3.8) is 0 Å². The quantitative estimate of drug-likeness (QED) is 0.802. The molecule has 16 heavy (non-hydrogen) atoms. The van der Waals surface area contributed by atoms with Gasteiger partial charge in [0.1, 0.15) is 0 Å². The molecular weight excluding hydrogens is 202 g/mol. The Kier molecular flexibility index (Phi) is 3.83. The van der Waals surface area contributed by atoms with Crippen molar-refractivity contribution in [2.24, 2.45) is 5.92 Å². The van der Waals surface area contributed by atoms with E-state index >= 15 is 0 Å². The van der Waals surface area contributed by atoms with Gasteiger partial charge in [0.15, 0.2) is 0 Å². The van der Waals surface area contributed by atoms with E-state index in [9.17, 15) is 0 Å². The van der Waals surface area contributed by atoms with E-state index in [-0.39, 0.29) is 0 Å². The Labute approximate surface area is 97.0 Å². The van der Waals surface area contributed by atoms with Gasteiger partial charge in [-0.3, -0.25) is 0 Å². The lowest BCUT2D eigenvalue weighted by molar-refractivity contribution is 0.187. The molecule has 1 aliphatic carbocycles. The molecule has 0 unspecified atom stereocenters. The van der Waals surface area contributed by atoms with Gasteiger partial charge in [-0.05, 0) is 25.7 Å². The van der Waals surface area contributed by atoms with E-state index in [0.717, 1.165) is 37.3 Å². The molecule has 4 nitrogen and oxygen atoms in total. The third-order valence-electron chi connectivity index (χ3n) is 3.21. The molecule has 1 N–H and O–H groups in total. The maximum atomic E-state index is 5.09. The second-order valence-corrected chi connectivity index (χ2v) is 4.57. The molecule has 1 aromatic rings. The molecule has 0 saturated heterocycles. The molecule has 0 amide bonds. The molecule has 1 aromatic heterocycles. The van der Waals surface area contributed by atoms with Crippen molar-refractivity contribution < 1.29 is 4.74 Å². The number of imidazole rings is 1. The largest absolute Gasteiger partial charge is 0.383 e. The van der Waals surface area contributed by atoms with E-state index < -0.39 is 0 Å². The normalized spacial score (nSPS) is 16.1. The van der Waals surface area contributed by atoms with Crippen molar-refractivity contribution in [2.75, 3.05) is 25.6 Å². The zero-order chi connectivity index (χ0) is 11.4. The van der Waals surface area contributed by atoms with E-state index in [4.69, 9.17) is 4.74 Å². The third-order valence-corrected chi connectivity index (χ3v) is 3.21. The lowest BCUT2D eigenvalue weighted by atomic mass is 9.85. The summed E-state index contributed by atoms with van der Waals surface area (Å²) in [5.74, 6) is 1.84. The number of hydrogen-bond donors (Lipinski definition) is 1. The van der Waals surface area contributed by atoms with Crippen LogP contribution in [0.5, 0.6) is 0 Å². The van der Waals surface area contributed by atoms with Crippen molar-refractivity contribution in [1.29, 1.82) is 0 Å². The number of aryl methyl sites for hydroxylation is 1. The standard InChI is InChI=1S/C12H21N3O/c1-10-9-15(6-7-16-2)12(14-10)13-8-11-4-3-5-11/h9,11H,3-8H2,1-2H3,(H,13,14). The highest BCUT2D eigenvalue weighted by Crippen LogP contribution is 2.26. The maximum absolute atomic E-state index is 5.09. The predicted octanol–water partition coefficient (Wildman–Crippen LogP) is 2.05. The fourth-order valence-corrected chi connectivity index (χ4v) is 1.98. The number of hydrogen-bond acceptors (Lipinski definition) is 3. The van der Waals surface area contributed by atoms with Crippen molar-refractivity contribution in [1.82, 2.24) is 9.55 Å². The minimum Gasteiger partial charge on any atom is -0.383 e. The highest BCUT2D eigenvalue weighted by molar-refractivity contribution is 5.28. The van der Waals surface area contributed by atoms with Gasteiger partial charge < -0.3 is 14.6 Å². The van der Waals surface area contributed by atoms with Gasteiger partial charge in [0.05, 0.1) is 12.3 Å². The van der Waals surface area contributed by atoms with Crippen LogP contribution in [0.15, 0.2) is 6.20 Å². The summed E-state index contributed by atoms with van der Waals surface area (Å²) in [5, 5.41) is 3.44. The molecule has 1 saturated carbocycles. The van der Waals surface area contributed by atoms with Gasteiger partial charge in [0.25, 0.3) is 0 Å². The Bertz CT molecular complexity index is 331. The summed E-state index contributed by atoms with van der Waals surface area (Å²) in [6.45, 7) is 4.68. The van der Waals surface area contributed by atoms with Gasteiger partial charge in [0, 0.05) is 26.4 Å². The SMILES string of the molecule is COCCn1cc(C)nc1NCC1CCC1. The Balaban J connectivity index is 1.89. The van der Waals surface area contributed by atoms with Gasteiger partial charge in [0.2, 0.25) is 5.95 Å². The number of methoxy groups -OCH3 is 1. The average Bonchev–Trinajstić information content (AvgIpc) is 2.54. The summed E-state index contributed by atoms with van der Waals surface area (Å²) in [6.07, 6.45) is 6.20. The van der Waals surface area contributed by atoms with Gasteiger partial charge in [-0.25, -0.2) is 4.98 Å². The van der Waals surface area contributed by atoms with Crippen molar-refractivity contribution in [3.8, 4) is 0 Å². The van der Waals surface area contributed by atoms with Gasteiger partial charge in [-0.15, -0.1) is 0 Å². The molecule has 0 radical (unpaired) electrons. The predicted molar refractivity (Wildman–Crippen MR) is 64.7 cm³/mol. The van der Waals surface area contributed by atoms with Crippen LogP contribution in [0.2, 0.25) is 0 Å². The molecule has 1 fully saturated rings. The molecule has 90 valence electrons. The maximum Gasteiger partial charge on any atom is 0.203 e. The van der Waals surface area contributed by atoms with Crippen LogP contribution in [-0.2, 0) is 11.3 Å². The molecular formula is C12H21N3O. The van der Waals surface area contributed by atoms with Crippen LogP contribution in [-0.4, -0.2) is 29.8 Å². The van der Waals surface area contributed by atoms with Crippen LogP contribution in [0, 0.1) is 12.8 Å². The first-order chi connectivity index (χ1) is 7.79. The summed E-state index contributed by atoms with van der Waals surface area (Å²) >= 11 is 0. The van der Waals surface area contributed by atoms with E-state index in [1.807, 2.05) is 6.92 Å². The van der Waals surface area contributed by atoms with E-state index in [1.165, 1.54) is 19.3 Å². The first kappa shape index (κ1) is 11.5. The fraction of sp³-hybridized carbons (Fsp3) is 0.750. The third kappa shape index (κ3) is 2.76. The number of ether oxygens (including phenoxy) is 1. The molecule has 0 spiro atoms. The number of nitrogens with one attached hydrogen (secondary N) is 1. The fourth-order valence-electron chi connectivity index (χ4n) is 1.98. The van der Waals surface area contributed by atoms with Crippen molar-refractivity contribution in [3.05, 3.63) is 11.9 Å². The molecule has 0 aromatic carbocycles. The Morgan fingerprint density at radius 2 is 2.38 bits per heavy atom. The van der Waals surface area contributed by atoms with Crippen LogP contribution in [0.25, 0.3) is 0 Å². The first-order valence-electron chi connectivity index (χ1n) is 6.06. The van der Waals surface area contributed by atoms with Crippen molar-refractivity contribution >= 4 is 5.95 Å². The average molecular weight is 223 g/mol. The Morgan fingerprint density at radius 3 is 3.00 bits per heavy atom. The number of aromatic nitrogens is 2. The zero-order valence-electron chi connectivity index (χ0n) is 10.2. The smallest absolute Gasteiger partial charge is 0.203 e. The summed E-state index contributed by atoms with van der Waals surface area (Å²) in [4.78, 5) is 4.49. The van der Waals surface area contributed by atoms with E-state index in [2.05, 4.69) is 21.1 Å². The van der Waals surface area contributed by atoms with E-state index in [1.54, 1.807) is 7.11 Å². The minimum absolute atomic E-state index is 0.730. The molecule has 0 bridgehead atoms. The lowest BCUT2D eigenvalue weighted by Gasteiger charge is -2.25.